The number of halogens is 1. The predicted octanol–water partition coefficient (Wildman–Crippen LogP) is 6.25. The van der Waals surface area contributed by atoms with E-state index in [0.717, 1.165) is 18.3 Å². The largest absolute Gasteiger partial charge is 0.343 e. The summed E-state index contributed by atoms with van der Waals surface area (Å²) >= 11 is 0. The molecule has 1 aromatic carbocycles. The Labute approximate surface area is 174 Å². The molecule has 0 radical (unpaired) electrons. The van der Waals surface area contributed by atoms with E-state index < -0.39 is 0 Å². The Morgan fingerprint density at radius 1 is 1.07 bits per heavy atom. The first kappa shape index (κ1) is 19.5. The second-order valence-corrected chi connectivity index (χ2v) is 10.7. The summed E-state index contributed by atoms with van der Waals surface area (Å²) in [6.45, 7) is 7.59. The van der Waals surface area contributed by atoms with Crippen molar-refractivity contribution in [3.8, 4) is 0 Å². The van der Waals surface area contributed by atoms with Crippen molar-refractivity contribution in [3.05, 3.63) is 42.2 Å². The molecular formula is C26H35FNO+. The van der Waals surface area contributed by atoms with Crippen LogP contribution >= 0.6 is 0 Å². The number of fused-ring (bicyclic) bond motifs is 5. The quantitative estimate of drug-likeness (QED) is 0.540. The van der Waals surface area contributed by atoms with Crippen LogP contribution in [0.15, 0.2) is 36.4 Å². The van der Waals surface area contributed by atoms with Crippen LogP contribution in [0.3, 0.4) is 0 Å². The number of likely N-dealkylation sites (N-methyl/N-ethyl adjacent to an activating group) is 1. The van der Waals surface area contributed by atoms with E-state index in [-0.39, 0.29) is 27.7 Å². The van der Waals surface area contributed by atoms with Crippen molar-refractivity contribution in [1.29, 1.82) is 0 Å². The van der Waals surface area contributed by atoms with Crippen LogP contribution in [-0.4, -0.2) is 18.5 Å². The fourth-order valence-corrected chi connectivity index (χ4v) is 8.44. The molecule has 3 fully saturated rings. The number of para-hydroxylation sites is 1. The highest BCUT2D eigenvalue weighted by molar-refractivity contribution is 5.99. The van der Waals surface area contributed by atoms with Gasteiger partial charge in [-0.1, -0.05) is 38.5 Å². The number of nitrogens with zero attached hydrogens (tertiary/aromatic N) is 1. The predicted molar refractivity (Wildman–Crippen MR) is 116 cm³/mol. The summed E-state index contributed by atoms with van der Waals surface area (Å²) in [5.41, 5.74) is 1.06. The number of benzene rings is 1. The highest BCUT2D eigenvalue weighted by Crippen LogP contribution is 2.65. The summed E-state index contributed by atoms with van der Waals surface area (Å²) in [4.78, 5) is 13.4. The number of rotatable bonds is 2. The Hall–Kier alpha value is -1.48. The van der Waals surface area contributed by atoms with Crippen molar-refractivity contribution in [2.45, 2.75) is 71.8 Å². The zero-order valence-corrected chi connectivity index (χ0v) is 18.2. The number of carbonyl (C=O) groups is 1. The van der Waals surface area contributed by atoms with E-state index in [4.69, 9.17) is 0 Å². The third-order valence-corrected chi connectivity index (χ3v) is 9.80. The van der Waals surface area contributed by atoms with Crippen LogP contribution in [0.25, 0.3) is 0 Å². The zero-order chi connectivity index (χ0) is 20.4. The molecule has 1 aliphatic heterocycles. The van der Waals surface area contributed by atoms with Crippen molar-refractivity contribution < 1.29 is 9.18 Å². The first-order valence-corrected chi connectivity index (χ1v) is 11.7. The molecule has 0 bridgehead atoms. The first-order valence-electron chi connectivity index (χ1n) is 11.7. The maximum absolute atomic E-state index is 15.0. The molecule has 0 N–H and O–H groups in total. The van der Waals surface area contributed by atoms with Gasteiger partial charge in [0.05, 0.1) is 6.54 Å². The maximum Gasteiger partial charge on any atom is 0.343 e. The molecular weight excluding hydrogens is 361 g/mol. The van der Waals surface area contributed by atoms with Crippen molar-refractivity contribution >= 4 is 11.6 Å². The Balaban J connectivity index is 1.61. The molecule has 29 heavy (non-hydrogen) atoms. The summed E-state index contributed by atoms with van der Waals surface area (Å²) in [6, 6.07) is 7.11. The molecule has 1 amide bonds. The molecule has 0 aromatic heterocycles. The minimum absolute atomic E-state index is 0.0426. The van der Waals surface area contributed by atoms with E-state index in [1.54, 1.807) is 12.1 Å². The van der Waals surface area contributed by atoms with Crippen LogP contribution in [0.2, 0.25) is 0 Å². The SMILES string of the molecule is CC[N+]1(c2ccccc2F)C(=O)C=C[C@@]2(C)[C@H]1CC[C@H]1[C@@H]3CCC[C@@]3(C)CC[C@@H]12. The van der Waals surface area contributed by atoms with Gasteiger partial charge in [-0.3, -0.25) is 0 Å². The van der Waals surface area contributed by atoms with Crippen LogP contribution in [-0.2, 0) is 4.79 Å². The Bertz CT molecular complexity index is 864. The number of amides is 1. The van der Waals surface area contributed by atoms with Gasteiger partial charge in [0.15, 0.2) is 11.5 Å². The molecule has 1 heterocycles. The number of hydrogen-bond acceptors (Lipinski definition) is 1. The average Bonchev–Trinajstić information content (AvgIpc) is 3.11. The van der Waals surface area contributed by atoms with Gasteiger partial charge in [0, 0.05) is 24.0 Å². The Morgan fingerprint density at radius 3 is 2.62 bits per heavy atom. The molecule has 5 rings (SSSR count). The molecule has 0 saturated heterocycles. The van der Waals surface area contributed by atoms with Crippen LogP contribution in [0.4, 0.5) is 10.1 Å². The van der Waals surface area contributed by atoms with E-state index >= 15 is 4.39 Å². The number of quaternary nitrogens is 1. The summed E-state index contributed by atoms with van der Waals surface area (Å²) in [7, 11) is 0. The van der Waals surface area contributed by atoms with Gasteiger partial charge in [0.25, 0.3) is 0 Å². The lowest BCUT2D eigenvalue weighted by atomic mass is 9.48. The lowest BCUT2D eigenvalue weighted by Gasteiger charge is -2.61. The second-order valence-electron chi connectivity index (χ2n) is 10.7. The van der Waals surface area contributed by atoms with E-state index in [1.165, 1.54) is 44.6 Å². The minimum atomic E-state index is -0.241. The highest BCUT2D eigenvalue weighted by Gasteiger charge is 2.64. The van der Waals surface area contributed by atoms with Crippen molar-refractivity contribution in [3.63, 3.8) is 0 Å². The smallest absolute Gasteiger partial charge is 0.226 e. The fraction of sp³-hybridized carbons (Fsp3) is 0.654. The van der Waals surface area contributed by atoms with Crippen LogP contribution < -0.4 is 4.48 Å². The second kappa shape index (κ2) is 6.51. The highest BCUT2D eigenvalue weighted by atomic mass is 19.1. The van der Waals surface area contributed by atoms with E-state index in [1.807, 2.05) is 12.1 Å². The monoisotopic (exact) mass is 396 g/mol. The summed E-state index contributed by atoms with van der Waals surface area (Å²) in [5, 5.41) is 0. The van der Waals surface area contributed by atoms with Gasteiger partial charge < -0.3 is 0 Å². The van der Waals surface area contributed by atoms with Gasteiger partial charge in [-0.15, -0.1) is 0 Å². The van der Waals surface area contributed by atoms with Gasteiger partial charge in [-0.2, -0.15) is 0 Å². The van der Waals surface area contributed by atoms with Gasteiger partial charge in [0.2, 0.25) is 0 Å². The van der Waals surface area contributed by atoms with Crippen molar-refractivity contribution in [2.24, 2.45) is 28.6 Å². The van der Waals surface area contributed by atoms with Crippen molar-refractivity contribution in [1.82, 2.24) is 4.48 Å². The normalized spacial score (nSPS) is 46.1. The molecule has 2 nitrogen and oxygen atoms in total. The lowest BCUT2D eigenvalue weighted by molar-refractivity contribution is -0.139. The fourth-order valence-electron chi connectivity index (χ4n) is 8.44. The third kappa shape index (κ3) is 2.46. The molecule has 1 aromatic rings. The van der Waals surface area contributed by atoms with Crippen molar-refractivity contribution in [2.75, 3.05) is 6.54 Å². The molecule has 7 atom stereocenters. The topological polar surface area (TPSA) is 17.1 Å². The van der Waals surface area contributed by atoms with E-state index in [0.29, 0.717) is 23.6 Å². The summed E-state index contributed by atoms with van der Waals surface area (Å²) < 4.78 is 15.2. The Kier molecular flexibility index (Phi) is 4.37. The molecule has 3 saturated carbocycles. The van der Waals surface area contributed by atoms with Crippen LogP contribution in [0.5, 0.6) is 0 Å². The van der Waals surface area contributed by atoms with Crippen LogP contribution in [0, 0.1) is 34.4 Å². The molecule has 3 aliphatic carbocycles. The first-order chi connectivity index (χ1) is 13.9. The van der Waals surface area contributed by atoms with Crippen LogP contribution in [0.1, 0.15) is 65.7 Å². The molecule has 4 aliphatic rings. The summed E-state index contributed by atoms with van der Waals surface area (Å²) in [5.74, 6) is 2.02. The standard InChI is InChI=1S/C26H35FNO/c1-4-28(22-10-6-5-9-21(22)27)23-12-11-18-19-8-7-15-25(19,2)16-13-20(18)26(23,3)17-14-24(28)29/h5-6,9-10,14,17-20,23H,4,7-8,11-13,15-16H2,1-3H3/q+1/t18-,19-,20-,23+,25-,26+,28?/m0/s1. The maximum atomic E-state index is 15.0. The average molecular weight is 397 g/mol. The molecule has 1 unspecified atom stereocenters. The minimum Gasteiger partial charge on any atom is -0.226 e. The number of carbonyl (C=O) groups excluding carboxylic acids is 1. The summed E-state index contributed by atoms with van der Waals surface area (Å²) in [6.07, 6.45) is 13.0. The zero-order valence-electron chi connectivity index (χ0n) is 18.2. The molecule has 0 spiro atoms. The van der Waals surface area contributed by atoms with Gasteiger partial charge in [-0.05, 0) is 68.3 Å². The van der Waals surface area contributed by atoms with E-state index in [9.17, 15) is 4.79 Å². The number of hydrogen-bond donors (Lipinski definition) is 0. The third-order valence-electron chi connectivity index (χ3n) is 9.80. The molecule has 3 heteroatoms. The van der Waals surface area contributed by atoms with Gasteiger partial charge >= 0.3 is 5.91 Å². The lowest BCUT2D eigenvalue weighted by Crippen LogP contribution is -2.71. The van der Waals surface area contributed by atoms with Gasteiger partial charge in [0.1, 0.15) is 6.04 Å². The molecule has 156 valence electrons. The van der Waals surface area contributed by atoms with Gasteiger partial charge in [-0.25, -0.2) is 13.7 Å². The Morgan fingerprint density at radius 2 is 1.86 bits per heavy atom. The van der Waals surface area contributed by atoms with E-state index in [2.05, 4.69) is 26.8 Å².